The highest BCUT2D eigenvalue weighted by atomic mass is 19.2. The first kappa shape index (κ1) is 13.8. The highest BCUT2D eigenvalue weighted by molar-refractivity contribution is 5.80. The number of halogens is 2. The number of hydrogen-bond acceptors (Lipinski definition) is 2. The molecule has 0 saturated heterocycles. The lowest BCUT2D eigenvalue weighted by Crippen LogP contribution is -2.06. The number of carbonyl (C=O) groups excluding carboxylic acids is 1. The van der Waals surface area contributed by atoms with Gasteiger partial charge >= 0.3 is 0 Å². The average molecular weight is 241 g/mol. The number of ketones is 1. The van der Waals surface area contributed by atoms with Crippen molar-refractivity contribution < 1.29 is 13.6 Å². The van der Waals surface area contributed by atoms with Crippen LogP contribution in [0.2, 0.25) is 0 Å². The Morgan fingerprint density at radius 1 is 1.18 bits per heavy atom. The standard InChI is InChI=1S/C13H17F2NO/c14-12-7-4-5-10(13(12)15)9-11(17)6-2-1-3-8-16/h4-5,7H,1-3,6,8-9,16H2. The Morgan fingerprint density at radius 3 is 2.65 bits per heavy atom. The summed E-state index contributed by atoms with van der Waals surface area (Å²) < 4.78 is 26.1. The van der Waals surface area contributed by atoms with Crippen molar-refractivity contribution in [1.29, 1.82) is 0 Å². The third-order valence-electron chi connectivity index (χ3n) is 2.58. The van der Waals surface area contributed by atoms with Gasteiger partial charge in [-0.3, -0.25) is 4.79 Å². The van der Waals surface area contributed by atoms with Gasteiger partial charge in [-0.1, -0.05) is 18.6 Å². The molecule has 0 aliphatic rings. The Morgan fingerprint density at radius 2 is 1.94 bits per heavy atom. The summed E-state index contributed by atoms with van der Waals surface area (Å²) in [6.07, 6.45) is 2.91. The molecule has 0 aliphatic heterocycles. The zero-order valence-corrected chi connectivity index (χ0v) is 9.72. The molecule has 0 bridgehead atoms. The fraction of sp³-hybridized carbons (Fsp3) is 0.462. The van der Waals surface area contributed by atoms with E-state index in [4.69, 9.17) is 5.73 Å². The van der Waals surface area contributed by atoms with Crippen LogP contribution in [0.5, 0.6) is 0 Å². The predicted octanol–water partition coefficient (Wildman–Crippen LogP) is 2.60. The van der Waals surface area contributed by atoms with Gasteiger partial charge in [-0.15, -0.1) is 0 Å². The summed E-state index contributed by atoms with van der Waals surface area (Å²) in [7, 11) is 0. The first-order valence-electron chi connectivity index (χ1n) is 5.80. The van der Waals surface area contributed by atoms with Gasteiger partial charge in [0.1, 0.15) is 5.78 Å². The fourth-order valence-electron chi connectivity index (χ4n) is 1.63. The minimum atomic E-state index is -0.914. The summed E-state index contributed by atoms with van der Waals surface area (Å²) in [6.45, 7) is 0.618. The lowest BCUT2D eigenvalue weighted by molar-refractivity contribution is -0.118. The van der Waals surface area contributed by atoms with Gasteiger partial charge < -0.3 is 5.73 Å². The smallest absolute Gasteiger partial charge is 0.162 e. The van der Waals surface area contributed by atoms with Crippen molar-refractivity contribution in [1.82, 2.24) is 0 Å². The zero-order chi connectivity index (χ0) is 12.7. The molecule has 1 aromatic rings. The van der Waals surface area contributed by atoms with E-state index in [1.165, 1.54) is 12.1 Å². The molecule has 0 aliphatic carbocycles. The summed E-state index contributed by atoms with van der Waals surface area (Å²) in [5, 5.41) is 0. The van der Waals surface area contributed by atoms with Gasteiger partial charge in [0.05, 0.1) is 0 Å². The number of benzene rings is 1. The van der Waals surface area contributed by atoms with Crippen LogP contribution < -0.4 is 5.73 Å². The second kappa shape index (κ2) is 7.12. The molecular formula is C13H17F2NO. The van der Waals surface area contributed by atoms with Crippen LogP contribution >= 0.6 is 0 Å². The van der Waals surface area contributed by atoms with Gasteiger partial charge in [0, 0.05) is 12.8 Å². The Hall–Kier alpha value is -1.29. The van der Waals surface area contributed by atoms with E-state index >= 15 is 0 Å². The SMILES string of the molecule is NCCCCCC(=O)Cc1cccc(F)c1F. The first-order valence-corrected chi connectivity index (χ1v) is 5.80. The summed E-state index contributed by atoms with van der Waals surface area (Å²) >= 11 is 0. The molecule has 0 saturated carbocycles. The van der Waals surface area contributed by atoms with Crippen LogP contribution in [0.4, 0.5) is 8.78 Å². The van der Waals surface area contributed by atoms with Crippen LogP contribution in [0.25, 0.3) is 0 Å². The van der Waals surface area contributed by atoms with E-state index in [-0.39, 0.29) is 17.8 Å². The van der Waals surface area contributed by atoms with Gasteiger partial charge in [-0.05, 0) is 31.0 Å². The van der Waals surface area contributed by atoms with Gasteiger partial charge in [0.15, 0.2) is 11.6 Å². The first-order chi connectivity index (χ1) is 8.15. The second-order valence-electron chi connectivity index (χ2n) is 4.03. The fourth-order valence-corrected chi connectivity index (χ4v) is 1.63. The topological polar surface area (TPSA) is 43.1 Å². The Labute approximate surface area is 99.8 Å². The normalized spacial score (nSPS) is 10.5. The van der Waals surface area contributed by atoms with E-state index in [9.17, 15) is 13.6 Å². The van der Waals surface area contributed by atoms with Crippen molar-refractivity contribution in [3.8, 4) is 0 Å². The summed E-state index contributed by atoms with van der Waals surface area (Å²) in [4.78, 5) is 11.5. The summed E-state index contributed by atoms with van der Waals surface area (Å²) in [6, 6.07) is 3.90. The molecule has 0 unspecified atom stereocenters. The van der Waals surface area contributed by atoms with Gasteiger partial charge in [-0.25, -0.2) is 8.78 Å². The van der Waals surface area contributed by atoms with Crippen molar-refractivity contribution in [2.24, 2.45) is 5.73 Å². The second-order valence-corrected chi connectivity index (χ2v) is 4.03. The van der Waals surface area contributed by atoms with Crippen molar-refractivity contribution in [3.05, 3.63) is 35.4 Å². The number of Topliss-reactive ketones (excluding diaryl/α,β-unsaturated/α-hetero) is 1. The average Bonchev–Trinajstić information content (AvgIpc) is 2.31. The molecule has 0 spiro atoms. The summed E-state index contributed by atoms with van der Waals surface area (Å²) in [5.74, 6) is -1.88. The molecule has 0 atom stereocenters. The third kappa shape index (κ3) is 4.61. The van der Waals surface area contributed by atoms with Crippen LogP contribution in [0.1, 0.15) is 31.2 Å². The van der Waals surface area contributed by atoms with Crippen molar-refractivity contribution in [3.63, 3.8) is 0 Å². The number of hydrogen-bond donors (Lipinski definition) is 1. The Bertz CT molecular complexity index is 380. The number of nitrogens with two attached hydrogens (primary N) is 1. The maximum atomic E-state index is 13.3. The predicted molar refractivity (Wildman–Crippen MR) is 62.6 cm³/mol. The molecule has 2 nitrogen and oxygen atoms in total. The lowest BCUT2D eigenvalue weighted by atomic mass is 10.0. The molecule has 0 radical (unpaired) electrons. The number of rotatable bonds is 7. The van der Waals surface area contributed by atoms with E-state index in [1.807, 2.05) is 0 Å². The van der Waals surface area contributed by atoms with Crippen LogP contribution in [-0.2, 0) is 11.2 Å². The lowest BCUT2D eigenvalue weighted by Gasteiger charge is -2.03. The molecule has 0 aromatic heterocycles. The molecule has 94 valence electrons. The van der Waals surface area contributed by atoms with E-state index < -0.39 is 11.6 Å². The zero-order valence-electron chi connectivity index (χ0n) is 9.72. The van der Waals surface area contributed by atoms with Crippen molar-refractivity contribution in [2.75, 3.05) is 6.54 Å². The minimum Gasteiger partial charge on any atom is -0.330 e. The third-order valence-corrected chi connectivity index (χ3v) is 2.58. The molecule has 2 N–H and O–H groups in total. The highest BCUT2D eigenvalue weighted by Crippen LogP contribution is 2.13. The van der Waals surface area contributed by atoms with Crippen molar-refractivity contribution >= 4 is 5.78 Å². The molecule has 0 fully saturated rings. The highest BCUT2D eigenvalue weighted by Gasteiger charge is 2.11. The maximum Gasteiger partial charge on any atom is 0.162 e. The molecule has 1 aromatic carbocycles. The van der Waals surface area contributed by atoms with E-state index in [1.54, 1.807) is 0 Å². The molecular weight excluding hydrogens is 224 g/mol. The molecule has 4 heteroatoms. The van der Waals surface area contributed by atoms with E-state index in [0.29, 0.717) is 13.0 Å². The van der Waals surface area contributed by atoms with Crippen LogP contribution in [-0.4, -0.2) is 12.3 Å². The number of unbranched alkanes of at least 4 members (excludes halogenated alkanes) is 2. The number of carbonyl (C=O) groups is 1. The monoisotopic (exact) mass is 241 g/mol. The van der Waals surface area contributed by atoms with E-state index in [0.717, 1.165) is 25.3 Å². The van der Waals surface area contributed by atoms with Gasteiger partial charge in [0.2, 0.25) is 0 Å². The van der Waals surface area contributed by atoms with Crippen LogP contribution in [0, 0.1) is 11.6 Å². The Kier molecular flexibility index (Phi) is 5.77. The Balaban J connectivity index is 2.43. The summed E-state index contributed by atoms with van der Waals surface area (Å²) in [5.41, 5.74) is 5.46. The van der Waals surface area contributed by atoms with Gasteiger partial charge in [0.25, 0.3) is 0 Å². The quantitative estimate of drug-likeness (QED) is 0.746. The minimum absolute atomic E-state index is 0.0355. The van der Waals surface area contributed by atoms with E-state index in [2.05, 4.69) is 0 Å². The van der Waals surface area contributed by atoms with Crippen molar-refractivity contribution in [2.45, 2.75) is 32.1 Å². The molecule has 0 amide bonds. The molecule has 0 heterocycles. The van der Waals surface area contributed by atoms with Crippen LogP contribution in [0.3, 0.4) is 0 Å². The molecule has 17 heavy (non-hydrogen) atoms. The van der Waals surface area contributed by atoms with Gasteiger partial charge in [-0.2, -0.15) is 0 Å². The molecule has 1 rings (SSSR count). The maximum absolute atomic E-state index is 13.3. The van der Waals surface area contributed by atoms with Crippen LogP contribution in [0.15, 0.2) is 18.2 Å². The largest absolute Gasteiger partial charge is 0.330 e.